The lowest BCUT2D eigenvalue weighted by Crippen LogP contribution is -2.10. The number of methoxy groups -OCH3 is 1. The first-order valence-electron chi connectivity index (χ1n) is 9.42. The van der Waals surface area contributed by atoms with Gasteiger partial charge in [-0.15, -0.1) is 0 Å². The summed E-state index contributed by atoms with van der Waals surface area (Å²) in [5.74, 6) is -0.979. The molecule has 0 aliphatic carbocycles. The average molecular weight is 488 g/mol. The average Bonchev–Trinajstić information content (AvgIpc) is 3.15. The number of esters is 1. The molecule has 0 amide bonds. The zero-order chi connectivity index (χ0) is 23.6. The third kappa shape index (κ3) is 5.05. The zero-order valence-electron chi connectivity index (χ0n) is 17.0. The van der Waals surface area contributed by atoms with Crippen molar-refractivity contribution in [3.63, 3.8) is 0 Å². The molecule has 1 aliphatic rings. The maximum Gasteiger partial charge on any atom is 0.363 e. The predicted octanol–water partition coefficient (Wildman–Crippen LogP) is 4.60. The molecule has 0 atom stereocenters. The SMILES string of the molecule is COc1cc(/C=C2\N=C(c3ccc(F)cc3)OC2=O)ccc1OS(=O)(=O)c1ccc(Cl)cc1. The summed E-state index contributed by atoms with van der Waals surface area (Å²) in [5.41, 5.74) is 0.944. The second-order valence-corrected chi connectivity index (χ2v) is 8.73. The summed E-state index contributed by atoms with van der Waals surface area (Å²) in [7, 11) is -2.77. The fourth-order valence-corrected chi connectivity index (χ4v) is 3.96. The summed E-state index contributed by atoms with van der Waals surface area (Å²) in [5, 5.41) is 0.389. The van der Waals surface area contributed by atoms with Gasteiger partial charge in [-0.1, -0.05) is 17.7 Å². The van der Waals surface area contributed by atoms with Crippen molar-refractivity contribution in [3.05, 3.63) is 94.4 Å². The van der Waals surface area contributed by atoms with Gasteiger partial charge in [-0.25, -0.2) is 14.2 Å². The van der Waals surface area contributed by atoms with Gasteiger partial charge >= 0.3 is 16.1 Å². The van der Waals surface area contributed by atoms with E-state index in [1.807, 2.05) is 0 Å². The first-order chi connectivity index (χ1) is 15.7. The lowest BCUT2D eigenvalue weighted by molar-refractivity contribution is -0.129. The van der Waals surface area contributed by atoms with Crippen LogP contribution in [0.3, 0.4) is 0 Å². The number of benzene rings is 3. The molecule has 0 fully saturated rings. The number of carbonyl (C=O) groups is 1. The molecule has 0 N–H and O–H groups in total. The highest BCUT2D eigenvalue weighted by molar-refractivity contribution is 7.87. The Kier molecular flexibility index (Phi) is 6.17. The molecular weight excluding hydrogens is 473 g/mol. The van der Waals surface area contributed by atoms with Crippen LogP contribution in [0.5, 0.6) is 11.5 Å². The van der Waals surface area contributed by atoms with Gasteiger partial charge in [-0.3, -0.25) is 0 Å². The third-order valence-electron chi connectivity index (χ3n) is 4.50. The van der Waals surface area contributed by atoms with Crippen LogP contribution in [0.15, 0.2) is 82.3 Å². The Morgan fingerprint density at radius 2 is 1.70 bits per heavy atom. The Labute approximate surface area is 193 Å². The summed E-state index contributed by atoms with van der Waals surface area (Å²) in [6, 6.07) is 15.3. The second kappa shape index (κ2) is 9.05. The van der Waals surface area contributed by atoms with Crippen LogP contribution in [0.2, 0.25) is 5.02 Å². The van der Waals surface area contributed by atoms with E-state index >= 15 is 0 Å². The van der Waals surface area contributed by atoms with Crippen molar-refractivity contribution in [2.45, 2.75) is 4.90 Å². The van der Waals surface area contributed by atoms with E-state index in [1.54, 1.807) is 0 Å². The summed E-state index contributed by atoms with van der Waals surface area (Å²) < 4.78 is 53.8. The molecule has 0 radical (unpaired) electrons. The lowest BCUT2D eigenvalue weighted by Gasteiger charge is -2.11. The Bertz CT molecular complexity index is 1380. The number of aliphatic imine (C=N–C) groups is 1. The van der Waals surface area contributed by atoms with Gasteiger partial charge < -0.3 is 13.7 Å². The first-order valence-corrected chi connectivity index (χ1v) is 11.2. The summed E-state index contributed by atoms with van der Waals surface area (Å²) >= 11 is 5.80. The Morgan fingerprint density at radius 1 is 1.00 bits per heavy atom. The molecular formula is C23H15ClFNO6S. The number of hydrogen-bond acceptors (Lipinski definition) is 7. The highest BCUT2D eigenvalue weighted by Crippen LogP contribution is 2.32. The topological polar surface area (TPSA) is 91.3 Å². The van der Waals surface area contributed by atoms with E-state index in [1.165, 1.54) is 79.9 Å². The number of rotatable bonds is 6. The smallest absolute Gasteiger partial charge is 0.363 e. The van der Waals surface area contributed by atoms with E-state index < -0.39 is 21.9 Å². The molecule has 7 nitrogen and oxygen atoms in total. The largest absolute Gasteiger partial charge is 0.493 e. The number of carbonyl (C=O) groups excluding carboxylic acids is 1. The molecule has 1 heterocycles. The second-order valence-electron chi connectivity index (χ2n) is 6.74. The molecule has 0 spiro atoms. The molecule has 10 heteroatoms. The zero-order valence-corrected chi connectivity index (χ0v) is 18.6. The van der Waals surface area contributed by atoms with Gasteiger partial charge in [0.05, 0.1) is 7.11 Å². The van der Waals surface area contributed by atoms with Crippen molar-refractivity contribution in [3.8, 4) is 11.5 Å². The van der Waals surface area contributed by atoms with Gasteiger partial charge in [0.25, 0.3) is 0 Å². The first kappa shape index (κ1) is 22.5. The van der Waals surface area contributed by atoms with Crippen molar-refractivity contribution in [2.24, 2.45) is 4.99 Å². The van der Waals surface area contributed by atoms with Gasteiger partial charge in [0.2, 0.25) is 5.90 Å². The van der Waals surface area contributed by atoms with Crippen molar-refractivity contribution >= 4 is 39.7 Å². The number of nitrogens with zero attached hydrogens (tertiary/aromatic N) is 1. The van der Waals surface area contributed by atoms with Gasteiger partial charge in [-0.2, -0.15) is 8.42 Å². The molecule has 0 unspecified atom stereocenters. The maximum absolute atomic E-state index is 13.1. The summed E-state index contributed by atoms with van der Waals surface area (Å²) in [6.07, 6.45) is 1.44. The van der Waals surface area contributed by atoms with Gasteiger partial charge in [0.1, 0.15) is 10.7 Å². The van der Waals surface area contributed by atoms with Crippen LogP contribution in [0.25, 0.3) is 6.08 Å². The molecule has 0 saturated carbocycles. The molecule has 1 aliphatic heterocycles. The lowest BCUT2D eigenvalue weighted by atomic mass is 10.1. The Morgan fingerprint density at radius 3 is 2.36 bits per heavy atom. The van der Waals surface area contributed by atoms with Crippen LogP contribution >= 0.6 is 11.6 Å². The molecule has 3 aromatic rings. The summed E-state index contributed by atoms with van der Waals surface area (Å²) in [4.78, 5) is 16.3. The predicted molar refractivity (Wildman–Crippen MR) is 119 cm³/mol. The Hall–Kier alpha value is -3.69. The molecule has 3 aromatic carbocycles. The van der Waals surface area contributed by atoms with Crippen LogP contribution in [0, 0.1) is 5.82 Å². The quantitative estimate of drug-likeness (QED) is 0.287. The molecule has 0 saturated heterocycles. The number of halogens is 2. The van der Waals surface area contributed by atoms with E-state index in [0.29, 0.717) is 16.1 Å². The van der Waals surface area contributed by atoms with Gasteiger partial charge in [0, 0.05) is 10.6 Å². The highest BCUT2D eigenvalue weighted by atomic mass is 35.5. The summed E-state index contributed by atoms with van der Waals surface area (Å²) in [6.45, 7) is 0. The molecule has 168 valence electrons. The molecule has 33 heavy (non-hydrogen) atoms. The van der Waals surface area contributed by atoms with Crippen LogP contribution in [0.1, 0.15) is 11.1 Å². The Balaban J connectivity index is 1.60. The van der Waals surface area contributed by atoms with E-state index in [0.717, 1.165) is 0 Å². The fourth-order valence-electron chi connectivity index (χ4n) is 2.89. The van der Waals surface area contributed by atoms with Crippen LogP contribution in [0.4, 0.5) is 4.39 Å². The van der Waals surface area contributed by atoms with Crippen molar-refractivity contribution in [1.29, 1.82) is 0 Å². The standard InChI is InChI=1S/C23H15ClFNO6S/c1-30-21-13-14(2-11-20(21)32-33(28,29)18-9-5-16(24)6-10-18)12-19-23(27)31-22(26-19)15-3-7-17(25)8-4-15/h2-13H,1H3/b19-12-. The normalized spacial score (nSPS) is 14.7. The number of hydrogen-bond donors (Lipinski definition) is 0. The molecule has 0 aromatic heterocycles. The monoisotopic (exact) mass is 487 g/mol. The molecule has 4 rings (SSSR count). The number of cyclic esters (lactones) is 1. The van der Waals surface area contributed by atoms with Crippen LogP contribution in [-0.4, -0.2) is 27.4 Å². The maximum atomic E-state index is 13.1. The minimum absolute atomic E-state index is 0.0128. The van der Waals surface area contributed by atoms with Crippen LogP contribution < -0.4 is 8.92 Å². The molecule has 0 bridgehead atoms. The van der Waals surface area contributed by atoms with E-state index in [-0.39, 0.29) is 28.0 Å². The van der Waals surface area contributed by atoms with Crippen LogP contribution in [-0.2, 0) is 19.6 Å². The third-order valence-corrected chi connectivity index (χ3v) is 6.01. The van der Waals surface area contributed by atoms with E-state index in [2.05, 4.69) is 4.99 Å². The van der Waals surface area contributed by atoms with Crippen molar-refractivity contribution in [1.82, 2.24) is 0 Å². The van der Waals surface area contributed by atoms with Crippen molar-refractivity contribution in [2.75, 3.05) is 7.11 Å². The minimum atomic E-state index is -4.12. The van der Waals surface area contributed by atoms with Gasteiger partial charge in [-0.05, 0) is 72.3 Å². The minimum Gasteiger partial charge on any atom is -0.493 e. The fraction of sp³-hybridized carbons (Fsp3) is 0.0435. The highest BCUT2D eigenvalue weighted by Gasteiger charge is 2.25. The van der Waals surface area contributed by atoms with E-state index in [4.69, 9.17) is 25.3 Å². The van der Waals surface area contributed by atoms with E-state index in [9.17, 15) is 17.6 Å². The number of ether oxygens (including phenoxy) is 2. The van der Waals surface area contributed by atoms with Gasteiger partial charge in [0.15, 0.2) is 17.2 Å². The van der Waals surface area contributed by atoms with Crippen molar-refractivity contribution < 1.29 is 31.3 Å².